The SMILES string of the molecule is Cc1cccc(CN(C)CCCCC(=N)N)c1. The maximum atomic E-state index is 7.15. The zero-order chi connectivity index (χ0) is 12.7. The molecule has 1 aromatic rings. The van der Waals surface area contributed by atoms with E-state index < -0.39 is 0 Å². The van der Waals surface area contributed by atoms with E-state index in [1.807, 2.05) is 0 Å². The number of hydrogen-bond donors (Lipinski definition) is 2. The largest absolute Gasteiger partial charge is 0.388 e. The van der Waals surface area contributed by atoms with E-state index in [-0.39, 0.29) is 0 Å². The molecule has 0 radical (unpaired) electrons. The summed E-state index contributed by atoms with van der Waals surface area (Å²) < 4.78 is 0. The number of rotatable bonds is 7. The van der Waals surface area contributed by atoms with Gasteiger partial charge in [0.2, 0.25) is 0 Å². The van der Waals surface area contributed by atoms with E-state index in [0.717, 1.165) is 32.4 Å². The van der Waals surface area contributed by atoms with Crippen LogP contribution in [0.4, 0.5) is 0 Å². The van der Waals surface area contributed by atoms with Crippen LogP contribution in [0.2, 0.25) is 0 Å². The van der Waals surface area contributed by atoms with Crippen molar-refractivity contribution in [2.24, 2.45) is 5.73 Å². The van der Waals surface area contributed by atoms with E-state index in [9.17, 15) is 0 Å². The third-order valence-electron chi connectivity index (χ3n) is 2.77. The number of aryl methyl sites for hydroxylation is 1. The lowest BCUT2D eigenvalue weighted by Crippen LogP contribution is -2.19. The smallest absolute Gasteiger partial charge is 0.0905 e. The highest BCUT2D eigenvalue weighted by molar-refractivity contribution is 5.76. The lowest BCUT2D eigenvalue weighted by atomic mass is 10.1. The van der Waals surface area contributed by atoms with Crippen molar-refractivity contribution in [2.75, 3.05) is 13.6 Å². The topological polar surface area (TPSA) is 53.1 Å². The molecular formula is C14H23N3. The first-order valence-electron chi connectivity index (χ1n) is 6.15. The molecule has 0 unspecified atom stereocenters. The Kier molecular flexibility index (Phi) is 5.70. The van der Waals surface area contributed by atoms with Crippen molar-refractivity contribution in [3.05, 3.63) is 35.4 Å². The van der Waals surface area contributed by atoms with Gasteiger partial charge in [-0.05, 0) is 38.9 Å². The summed E-state index contributed by atoms with van der Waals surface area (Å²) in [7, 11) is 2.14. The molecule has 17 heavy (non-hydrogen) atoms. The van der Waals surface area contributed by atoms with E-state index in [1.165, 1.54) is 11.1 Å². The maximum Gasteiger partial charge on any atom is 0.0905 e. The number of unbranched alkanes of at least 4 members (excludes halogenated alkanes) is 1. The van der Waals surface area contributed by atoms with Gasteiger partial charge in [0.1, 0.15) is 0 Å². The molecule has 0 heterocycles. The lowest BCUT2D eigenvalue weighted by molar-refractivity contribution is 0.319. The fourth-order valence-electron chi connectivity index (χ4n) is 1.90. The second-order valence-corrected chi connectivity index (χ2v) is 4.71. The minimum atomic E-state index is 0.298. The second-order valence-electron chi connectivity index (χ2n) is 4.71. The van der Waals surface area contributed by atoms with Crippen LogP contribution in [0.25, 0.3) is 0 Å². The Morgan fingerprint density at radius 2 is 2.12 bits per heavy atom. The Bertz CT molecular complexity index is 360. The quantitative estimate of drug-likeness (QED) is 0.432. The third-order valence-corrected chi connectivity index (χ3v) is 2.77. The average molecular weight is 233 g/mol. The normalized spacial score (nSPS) is 10.8. The van der Waals surface area contributed by atoms with Crippen LogP contribution in [0.3, 0.4) is 0 Å². The van der Waals surface area contributed by atoms with Crippen molar-refractivity contribution >= 4 is 5.84 Å². The average Bonchev–Trinajstić information content (AvgIpc) is 2.24. The molecule has 94 valence electrons. The van der Waals surface area contributed by atoms with Crippen LogP contribution >= 0.6 is 0 Å². The molecule has 3 heteroatoms. The molecule has 0 aliphatic rings. The summed E-state index contributed by atoms with van der Waals surface area (Å²) in [5.41, 5.74) is 7.99. The van der Waals surface area contributed by atoms with Gasteiger partial charge in [0.25, 0.3) is 0 Å². The van der Waals surface area contributed by atoms with E-state index in [0.29, 0.717) is 5.84 Å². The van der Waals surface area contributed by atoms with Crippen molar-refractivity contribution < 1.29 is 0 Å². The van der Waals surface area contributed by atoms with Crippen molar-refractivity contribution in [2.45, 2.75) is 32.7 Å². The molecular weight excluding hydrogens is 210 g/mol. The monoisotopic (exact) mass is 233 g/mol. The predicted molar refractivity (Wildman–Crippen MR) is 73.3 cm³/mol. The minimum Gasteiger partial charge on any atom is -0.388 e. The van der Waals surface area contributed by atoms with Gasteiger partial charge in [-0.3, -0.25) is 5.41 Å². The summed E-state index contributed by atoms with van der Waals surface area (Å²) in [4.78, 5) is 2.31. The summed E-state index contributed by atoms with van der Waals surface area (Å²) in [5, 5.41) is 7.15. The van der Waals surface area contributed by atoms with E-state index in [1.54, 1.807) is 0 Å². The van der Waals surface area contributed by atoms with Gasteiger partial charge >= 0.3 is 0 Å². The first kappa shape index (κ1) is 13.7. The minimum absolute atomic E-state index is 0.298. The van der Waals surface area contributed by atoms with Crippen LogP contribution in [-0.2, 0) is 6.54 Å². The first-order valence-corrected chi connectivity index (χ1v) is 6.15. The molecule has 0 atom stereocenters. The van der Waals surface area contributed by atoms with Gasteiger partial charge in [0, 0.05) is 13.0 Å². The molecule has 1 rings (SSSR count). The van der Waals surface area contributed by atoms with Gasteiger partial charge in [0.15, 0.2) is 0 Å². The van der Waals surface area contributed by atoms with Crippen molar-refractivity contribution in [1.29, 1.82) is 5.41 Å². The van der Waals surface area contributed by atoms with Crippen molar-refractivity contribution in [1.82, 2.24) is 4.90 Å². The highest BCUT2D eigenvalue weighted by Crippen LogP contribution is 2.07. The zero-order valence-electron chi connectivity index (χ0n) is 10.9. The molecule has 0 aliphatic carbocycles. The van der Waals surface area contributed by atoms with Gasteiger partial charge in [-0.25, -0.2) is 0 Å². The van der Waals surface area contributed by atoms with Crippen LogP contribution in [0.5, 0.6) is 0 Å². The molecule has 0 aliphatic heterocycles. The van der Waals surface area contributed by atoms with E-state index >= 15 is 0 Å². The van der Waals surface area contributed by atoms with Gasteiger partial charge in [-0.15, -0.1) is 0 Å². The Balaban J connectivity index is 2.25. The Labute approximate surface area is 104 Å². The summed E-state index contributed by atoms with van der Waals surface area (Å²) in [6.07, 6.45) is 2.83. The molecule has 3 N–H and O–H groups in total. The molecule has 0 saturated carbocycles. The molecule has 3 nitrogen and oxygen atoms in total. The maximum absolute atomic E-state index is 7.15. The number of amidine groups is 1. The molecule has 1 aromatic carbocycles. The molecule has 0 amide bonds. The number of nitrogens with one attached hydrogen (secondary N) is 1. The third kappa shape index (κ3) is 6.07. The summed E-state index contributed by atoms with van der Waals surface area (Å²) in [6, 6.07) is 8.62. The standard InChI is InChI=1S/C14H23N3/c1-12-6-5-7-13(10-12)11-17(2)9-4-3-8-14(15)16/h5-7,10H,3-4,8-9,11H2,1-2H3,(H3,15,16). The fourth-order valence-corrected chi connectivity index (χ4v) is 1.90. The molecule has 0 aromatic heterocycles. The zero-order valence-corrected chi connectivity index (χ0v) is 10.9. The molecule has 0 bridgehead atoms. The van der Waals surface area contributed by atoms with Crippen molar-refractivity contribution in [3.8, 4) is 0 Å². The molecule has 0 fully saturated rings. The van der Waals surface area contributed by atoms with Gasteiger partial charge in [0.05, 0.1) is 5.84 Å². The van der Waals surface area contributed by atoms with E-state index in [2.05, 4.69) is 43.1 Å². The first-order chi connectivity index (χ1) is 8.08. The highest BCUT2D eigenvalue weighted by atomic mass is 15.1. The Hall–Kier alpha value is -1.35. The Morgan fingerprint density at radius 3 is 2.76 bits per heavy atom. The van der Waals surface area contributed by atoms with Gasteiger partial charge in [-0.2, -0.15) is 0 Å². The van der Waals surface area contributed by atoms with Gasteiger partial charge < -0.3 is 10.6 Å². The Morgan fingerprint density at radius 1 is 1.35 bits per heavy atom. The van der Waals surface area contributed by atoms with Gasteiger partial charge in [-0.1, -0.05) is 29.8 Å². The number of hydrogen-bond acceptors (Lipinski definition) is 2. The summed E-state index contributed by atoms with van der Waals surface area (Å²) in [6.45, 7) is 4.17. The number of benzene rings is 1. The summed E-state index contributed by atoms with van der Waals surface area (Å²) in [5.74, 6) is 0.298. The second kappa shape index (κ2) is 7.07. The highest BCUT2D eigenvalue weighted by Gasteiger charge is 2.00. The van der Waals surface area contributed by atoms with Crippen LogP contribution < -0.4 is 5.73 Å². The predicted octanol–water partition coefficient (Wildman–Crippen LogP) is 2.53. The van der Waals surface area contributed by atoms with Crippen LogP contribution in [0, 0.1) is 12.3 Å². The summed E-state index contributed by atoms with van der Waals surface area (Å²) >= 11 is 0. The molecule has 0 saturated heterocycles. The van der Waals surface area contributed by atoms with Crippen molar-refractivity contribution in [3.63, 3.8) is 0 Å². The van der Waals surface area contributed by atoms with E-state index in [4.69, 9.17) is 11.1 Å². The fraction of sp³-hybridized carbons (Fsp3) is 0.500. The lowest BCUT2D eigenvalue weighted by Gasteiger charge is -2.16. The van der Waals surface area contributed by atoms with Crippen LogP contribution in [-0.4, -0.2) is 24.3 Å². The molecule has 0 spiro atoms. The number of nitrogens with two attached hydrogens (primary N) is 1. The van der Waals surface area contributed by atoms with Crippen LogP contribution in [0.15, 0.2) is 24.3 Å². The van der Waals surface area contributed by atoms with Crippen LogP contribution in [0.1, 0.15) is 30.4 Å². The number of nitrogens with zero attached hydrogens (tertiary/aromatic N) is 1.